The summed E-state index contributed by atoms with van der Waals surface area (Å²) in [5.41, 5.74) is -1.31. The number of nitrogens with zero attached hydrogens (tertiary/aromatic N) is 5. The summed E-state index contributed by atoms with van der Waals surface area (Å²) in [6, 6.07) is 19.2. The van der Waals surface area contributed by atoms with Crippen LogP contribution in [0.15, 0.2) is 83.3 Å². The highest BCUT2D eigenvalue weighted by Gasteiger charge is 2.45. The van der Waals surface area contributed by atoms with Gasteiger partial charge in [0.25, 0.3) is 12.3 Å². The Morgan fingerprint density at radius 2 is 1.72 bits per heavy atom. The lowest BCUT2D eigenvalue weighted by Crippen LogP contribution is -2.46. The van der Waals surface area contributed by atoms with E-state index in [-0.39, 0.29) is 40.7 Å². The van der Waals surface area contributed by atoms with Crippen LogP contribution in [-0.2, 0) is 14.4 Å². The molecule has 3 aromatic rings. The predicted molar refractivity (Wildman–Crippen MR) is 161 cm³/mol. The van der Waals surface area contributed by atoms with Crippen LogP contribution in [0.3, 0.4) is 0 Å². The van der Waals surface area contributed by atoms with E-state index in [9.17, 15) is 25.0 Å². The summed E-state index contributed by atoms with van der Waals surface area (Å²) in [5.74, 6) is -1.47. The van der Waals surface area contributed by atoms with E-state index in [2.05, 4.69) is 4.99 Å². The third-order valence-corrected chi connectivity index (χ3v) is 6.17. The molecule has 15 nitrogen and oxygen atoms in total. The lowest BCUT2D eigenvalue weighted by Gasteiger charge is -2.32. The Labute approximate surface area is 263 Å². The summed E-state index contributed by atoms with van der Waals surface area (Å²) in [6.07, 6.45) is -1.65. The maximum absolute atomic E-state index is 13.0. The number of para-hydroxylation sites is 1. The molecule has 0 saturated carbocycles. The zero-order chi connectivity index (χ0) is 33.4. The van der Waals surface area contributed by atoms with Gasteiger partial charge in [-0.15, -0.1) is 0 Å². The highest BCUT2D eigenvalue weighted by atomic mass is 16.7. The monoisotopic (exact) mass is 631 g/mol. The number of hydrogen-bond donors (Lipinski definition) is 0. The van der Waals surface area contributed by atoms with Gasteiger partial charge in [0.2, 0.25) is 5.71 Å². The van der Waals surface area contributed by atoms with E-state index in [1.165, 1.54) is 62.4 Å². The third-order valence-electron chi connectivity index (χ3n) is 6.17. The third kappa shape index (κ3) is 7.31. The zero-order valence-electron chi connectivity index (χ0n) is 25.5. The molecule has 1 unspecified atom stereocenters. The number of ether oxygens (including phenoxy) is 5. The van der Waals surface area contributed by atoms with Crippen LogP contribution in [0.25, 0.3) is 0 Å². The van der Waals surface area contributed by atoms with Gasteiger partial charge in [-0.2, -0.15) is 10.3 Å². The number of esters is 1. The molecular weight excluding hydrogens is 602 g/mol. The molecule has 0 bridgehead atoms. The van der Waals surface area contributed by atoms with E-state index in [4.69, 9.17) is 28.5 Å². The van der Waals surface area contributed by atoms with Crippen LogP contribution in [-0.4, -0.2) is 73.7 Å². The molecule has 0 radical (unpaired) electrons. The van der Waals surface area contributed by atoms with Gasteiger partial charge in [0.1, 0.15) is 17.2 Å². The molecule has 0 N–H and O–H groups in total. The topological polar surface area (TPSA) is 175 Å². The molecule has 238 valence electrons. The Kier molecular flexibility index (Phi) is 10.4. The molecule has 4 rings (SSSR count). The quantitative estimate of drug-likeness (QED) is 0.159. The maximum Gasteiger partial charge on any atom is 0.364 e. The zero-order valence-corrected chi connectivity index (χ0v) is 25.5. The molecular formula is C31H29N5O10. The standard InChI is InChI=1S/C31H29N5O10/c1-6-43-30(38)26-27(36(39)40)29(45-23-16-20(28(37)34(2)3)15-22(17-23)41-4)35(42-5)31(33-26)46-25-14-19(18-32)12-13-24(25)44-21-10-8-7-9-11-21/h7-17,31H,6H2,1-5H3. The molecule has 0 spiro atoms. The Bertz CT molecular complexity index is 1730. The van der Waals surface area contributed by atoms with E-state index >= 15 is 0 Å². The molecule has 0 aromatic heterocycles. The summed E-state index contributed by atoms with van der Waals surface area (Å²) < 4.78 is 28.4. The number of nitro groups is 1. The van der Waals surface area contributed by atoms with Gasteiger partial charge >= 0.3 is 17.5 Å². The lowest BCUT2D eigenvalue weighted by atomic mass is 10.1. The first-order valence-corrected chi connectivity index (χ1v) is 13.6. The van der Waals surface area contributed by atoms with E-state index < -0.39 is 40.4 Å². The van der Waals surface area contributed by atoms with Gasteiger partial charge < -0.3 is 28.6 Å². The SMILES string of the molecule is CCOC(=O)C1=NC(Oc2cc(C#N)ccc2Oc2ccccc2)N(OC)C(Oc2cc(OC)cc(C(=O)N(C)C)c2)=C1[N+](=O)[O-]. The Morgan fingerprint density at radius 3 is 2.33 bits per heavy atom. The van der Waals surface area contributed by atoms with Crippen molar-refractivity contribution in [3.05, 3.63) is 99.6 Å². The minimum Gasteiger partial charge on any atom is -0.497 e. The van der Waals surface area contributed by atoms with Crippen LogP contribution in [0.2, 0.25) is 0 Å². The second-order valence-electron chi connectivity index (χ2n) is 9.45. The van der Waals surface area contributed by atoms with E-state index in [1.54, 1.807) is 44.4 Å². The van der Waals surface area contributed by atoms with E-state index in [0.717, 1.165) is 5.06 Å². The fourth-order valence-corrected chi connectivity index (χ4v) is 4.11. The van der Waals surface area contributed by atoms with Crippen molar-refractivity contribution >= 4 is 17.6 Å². The predicted octanol–water partition coefficient (Wildman–Crippen LogP) is 4.13. The molecule has 3 aromatic carbocycles. The van der Waals surface area contributed by atoms with Gasteiger partial charge in [-0.3, -0.25) is 19.7 Å². The Morgan fingerprint density at radius 1 is 1.00 bits per heavy atom. The Balaban J connectivity index is 1.85. The van der Waals surface area contributed by atoms with Crippen LogP contribution in [0, 0.1) is 21.4 Å². The average Bonchev–Trinajstić information content (AvgIpc) is 3.05. The van der Waals surface area contributed by atoms with Gasteiger partial charge in [0.15, 0.2) is 11.5 Å². The van der Waals surface area contributed by atoms with Crippen LogP contribution < -0.4 is 18.9 Å². The average molecular weight is 632 g/mol. The molecule has 1 heterocycles. The van der Waals surface area contributed by atoms with Crippen molar-refractivity contribution in [3.63, 3.8) is 0 Å². The Hall–Kier alpha value is -6.14. The highest BCUT2D eigenvalue weighted by molar-refractivity contribution is 6.42. The summed E-state index contributed by atoms with van der Waals surface area (Å²) in [5, 5.41) is 22.8. The highest BCUT2D eigenvalue weighted by Crippen LogP contribution is 2.36. The number of hydroxylamine groups is 2. The lowest BCUT2D eigenvalue weighted by molar-refractivity contribution is -0.422. The van der Waals surface area contributed by atoms with Crippen molar-refractivity contribution in [1.82, 2.24) is 9.96 Å². The fraction of sp³-hybridized carbons (Fsp3) is 0.226. The normalized spacial score (nSPS) is 14.0. The fourth-order valence-electron chi connectivity index (χ4n) is 4.11. The summed E-state index contributed by atoms with van der Waals surface area (Å²) in [7, 11) is 5.63. The molecule has 1 aliphatic heterocycles. The summed E-state index contributed by atoms with van der Waals surface area (Å²) in [4.78, 5) is 48.3. The maximum atomic E-state index is 13.0. The van der Waals surface area contributed by atoms with Gasteiger partial charge in [0.05, 0.1) is 37.4 Å². The van der Waals surface area contributed by atoms with Crippen molar-refractivity contribution in [2.75, 3.05) is 34.9 Å². The number of hydrogen-bond acceptors (Lipinski definition) is 13. The molecule has 0 fully saturated rings. The molecule has 1 aliphatic rings. The number of amides is 1. The van der Waals surface area contributed by atoms with E-state index in [1.807, 2.05) is 6.07 Å². The molecule has 15 heteroatoms. The minimum atomic E-state index is -1.65. The van der Waals surface area contributed by atoms with Gasteiger partial charge in [-0.25, -0.2) is 9.79 Å². The van der Waals surface area contributed by atoms with Crippen LogP contribution in [0.1, 0.15) is 22.8 Å². The molecule has 46 heavy (non-hydrogen) atoms. The van der Waals surface area contributed by atoms with Crippen LogP contribution in [0.4, 0.5) is 0 Å². The molecule has 1 atom stereocenters. The number of nitriles is 1. The first-order chi connectivity index (χ1) is 22.1. The van der Waals surface area contributed by atoms with Crippen LogP contribution in [0.5, 0.6) is 28.7 Å². The minimum absolute atomic E-state index is 0.0222. The second-order valence-corrected chi connectivity index (χ2v) is 9.45. The van der Waals surface area contributed by atoms with Gasteiger partial charge in [-0.05, 0) is 43.3 Å². The van der Waals surface area contributed by atoms with Crippen molar-refractivity contribution in [2.45, 2.75) is 13.3 Å². The first kappa shape index (κ1) is 32.8. The second kappa shape index (κ2) is 14.6. The molecule has 1 amide bonds. The van der Waals surface area contributed by atoms with Crippen LogP contribution >= 0.6 is 0 Å². The van der Waals surface area contributed by atoms with Crippen molar-refractivity contribution in [2.24, 2.45) is 4.99 Å². The van der Waals surface area contributed by atoms with E-state index in [0.29, 0.717) is 5.75 Å². The number of methoxy groups -OCH3 is 1. The number of carbonyl (C=O) groups is 2. The summed E-state index contributed by atoms with van der Waals surface area (Å²) >= 11 is 0. The largest absolute Gasteiger partial charge is 0.497 e. The van der Waals surface area contributed by atoms with Crippen molar-refractivity contribution in [1.29, 1.82) is 5.26 Å². The van der Waals surface area contributed by atoms with Gasteiger partial charge in [-0.1, -0.05) is 18.2 Å². The van der Waals surface area contributed by atoms with Gasteiger partial charge in [0, 0.05) is 31.8 Å². The van der Waals surface area contributed by atoms with Crippen molar-refractivity contribution < 1.29 is 43.0 Å². The number of aliphatic imine (C=N–C) groups is 1. The smallest absolute Gasteiger partial charge is 0.364 e. The number of rotatable bonds is 12. The number of carbonyl (C=O) groups excluding carboxylic acids is 2. The van der Waals surface area contributed by atoms with Crippen molar-refractivity contribution in [3.8, 4) is 34.8 Å². The molecule has 0 saturated heterocycles. The molecule has 0 aliphatic carbocycles. The summed E-state index contributed by atoms with van der Waals surface area (Å²) in [6.45, 7) is 1.40. The first-order valence-electron chi connectivity index (χ1n) is 13.6. The number of benzene rings is 3.